The fourth-order valence-electron chi connectivity index (χ4n) is 8.86. The molecule has 8 unspecified atom stereocenters. The van der Waals surface area contributed by atoms with Gasteiger partial charge in [-0.2, -0.15) is 0 Å². The van der Waals surface area contributed by atoms with Crippen molar-refractivity contribution >= 4 is 47.3 Å². The van der Waals surface area contributed by atoms with Gasteiger partial charge in [0, 0.05) is 107 Å². The van der Waals surface area contributed by atoms with Crippen LogP contribution in [0.2, 0.25) is 0 Å². The van der Waals surface area contributed by atoms with Crippen LogP contribution in [0.15, 0.2) is 0 Å². The van der Waals surface area contributed by atoms with Crippen LogP contribution in [-0.2, 0) is 81.5 Å². The Bertz CT molecular complexity index is 2760. The summed E-state index contributed by atoms with van der Waals surface area (Å²) in [6, 6.07) is 0.806. The van der Waals surface area contributed by atoms with Gasteiger partial charge < -0.3 is 85.7 Å². The Labute approximate surface area is 760 Å². The molecule has 0 aliphatic rings. The Balaban J connectivity index is -0.000000213. The molecule has 0 saturated heterocycles. The van der Waals surface area contributed by atoms with Crippen LogP contribution in [0.25, 0.3) is 0 Å². The lowest BCUT2D eigenvalue weighted by atomic mass is 10.1. The molecule has 752 valence electrons. The molecule has 40 heteroatoms. The van der Waals surface area contributed by atoms with E-state index < -0.39 is 37.6 Å². The van der Waals surface area contributed by atoms with Crippen LogP contribution in [0.1, 0.15) is 322 Å². The Hall–Kier alpha value is -8.40. The minimum absolute atomic E-state index is 0.00355. The number of nitrogens with zero attached hydrogens (tertiary/aromatic N) is 5. The standard InChI is InChI=1S/C12H24N2O5.C12H24N2O4.C12H25NO.C11H22N2O5.C11H22N2O4.C11H23NO.C10H21NO2.C8H16N2O5/c1-9(2)11(4)13-12(15)5-6-18-7-10(3)8-19-14(16)17;1-5-11(18-14(16)17)7-6-8-12(15)13-10(4)9(2)3;1-5-6-7-8-9-12(14)13-11(4)10(2)3;1-9(2)6-12-11(14)4-5-17-7-10(3)8-18-13(15)16;1-4-10(17-13(15)16)6-5-7-11(14)12-8-9(2)3;1-4-5-6-7-8-11(13)12-9-10(2)3;1-5-6-13-7-10(12)11-9(4)8(2)3;1-7(2)5-9-8(11)6-14-3-4-15-10(12)13/h9-11H,5-8H2,1-4H3,(H,13,15);9-11H,5-8H2,1-4H3,(H,13,15);10-11H,5-9H2,1-4H3,(H,13,14);9-10H,4-8H2,1-3H3,(H,12,14);9-10H,4-8H2,1-3H3,(H,12,14);10H,4-9H2,1-3H3,(H,12,13);8-9H,5-7H2,1-4H3,(H,11,12);7H,3-6H2,1-2H3,(H,9,11). The molecule has 8 amide bonds. The lowest BCUT2D eigenvalue weighted by Gasteiger charge is -2.17. The number of amides is 8. The van der Waals surface area contributed by atoms with Crippen LogP contribution in [-0.4, -0.2) is 208 Å². The first-order valence-electron chi connectivity index (χ1n) is 45.9. The molecular weight excluding hydrogens is 1660 g/mol. The van der Waals surface area contributed by atoms with Crippen LogP contribution in [0, 0.1) is 110 Å². The monoisotopic (exact) mass is 1840 g/mol. The van der Waals surface area contributed by atoms with Gasteiger partial charge in [0.1, 0.15) is 45.2 Å². The van der Waals surface area contributed by atoms with Crippen molar-refractivity contribution in [2.24, 2.45) is 59.2 Å². The second kappa shape index (κ2) is 92.3. The zero-order valence-electron chi connectivity index (χ0n) is 83.0. The first-order valence-corrected chi connectivity index (χ1v) is 45.9. The number of rotatable bonds is 66. The Kier molecular flexibility index (Phi) is 97.5. The molecule has 0 heterocycles. The van der Waals surface area contributed by atoms with Crippen LogP contribution in [0.4, 0.5) is 0 Å². The van der Waals surface area contributed by atoms with Crippen molar-refractivity contribution in [3.63, 3.8) is 0 Å². The number of carbonyl (C=O) groups excluding carboxylic acids is 8. The highest BCUT2D eigenvalue weighted by Gasteiger charge is 2.18. The molecular formula is C87H177N13O27. The zero-order valence-corrected chi connectivity index (χ0v) is 83.0. The first-order chi connectivity index (χ1) is 59.4. The van der Waals surface area contributed by atoms with Crippen molar-refractivity contribution in [2.75, 3.05) is 98.9 Å². The topological polar surface area (TPSA) is 532 Å². The molecule has 0 aliphatic heterocycles. The van der Waals surface area contributed by atoms with E-state index in [0.717, 1.165) is 25.8 Å². The molecule has 0 saturated carbocycles. The van der Waals surface area contributed by atoms with Crippen molar-refractivity contribution < 1.29 is 107 Å². The van der Waals surface area contributed by atoms with Gasteiger partial charge in [-0.15, -0.1) is 50.6 Å². The Morgan fingerprint density at radius 2 is 0.559 bits per heavy atom. The molecule has 0 aromatic rings. The second-order valence-corrected chi connectivity index (χ2v) is 34.4. The summed E-state index contributed by atoms with van der Waals surface area (Å²) in [6.07, 6.45) is 15.7. The molecule has 0 radical (unpaired) electrons. The predicted molar refractivity (Wildman–Crippen MR) is 491 cm³/mol. The number of hydrogen-bond donors (Lipinski definition) is 8. The van der Waals surface area contributed by atoms with Crippen molar-refractivity contribution in [2.45, 2.75) is 358 Å². The molecule has 0 aromatic heterocycles. The van der Waals surface area contributed by atoms with Gasteiger partial charge in [0.25, 0.3) is 25.4 Å². The lowest BCUT2D eigenvalue weighted by Crippen LogP contribution is -2.38. The molecule has 127 heavy (non-hydrogen) atoms. The normalized spacial score (nSPS) is 12.5. The van der Waals surface area contributed by atoms with Gasteiger partial charge in [-0.3, -0.25) is 38.4 Å². The van der Waals surface area contributed by atoms with E-state index in [4.69, 9.17) is 18.9 Å². The molecule has 0 aromatic carbocycles. The second-order valence-electron chi connectivity index (χ2n) is 34.4. The van der Waals surface area contributed by atoms with Gasteiger partial charge >= 0.3 is 0 Å². The van der Waals surface area contributed by atoms with Gasteiger partial charge in [-0.05, 0) is 133 Å². The zero-order chi connectivity index (χ0) is 99.2. The van der Waals surface area contributed by atoms with E-state index in [1.807, 2.05) is 111 Å². The summed E-state index contributed by atoms with van der Waals surface area (Å²) < 4.78 is 20.5. The largest absolute Gasteiger partial charge is 0.381 e. The third-order valence-electron chi connectivity index (χ3n) is 18.1. The number of hydrogen-bond acceptors (Lipinski definition) is 27. The molecule has 0 aliphatic carbocycles. The molecule has 0 bridgehead atoms. The van der Waals surface area contributed by atoms with Crippen molar-refractivity contribution in [1.29, 1.82) is 0 Å². The highest BCUT2D eigenvalue weighted by atomic mass is 17.0. The number of ether oxygens (including phenoxy) is 4. The predicted octanol–water partition coefficient (Wildman–Crippen LogP) is 14.0. The maximum Gasteiger partial charge on any atom is 0.294 e. The summed E-state index contributed by atoms with van der Waals surface area (Å²) >= 11 is 0. The summed E-state index contributed by atoms with van der Waals surface area (Å²) in [7, 11) is 0. The molecule has 0 spiro atoms. The molecule has 0 fully saturated rings. The third-order valence-corrected chi connectivity index (χ3v) is 18.1. The van der Waals surface area contributed by atoms with E-state index in [-0.39, 0.29) is 117 Å². The van der Waals surface area contributed by atoms with Crippen LogP contribution in [0.3, 0.4) is 0 Å². The molecule has 0 rings (SSSR count). The van der Waals surface area contributed by atoms with Gasteiger partial charge in [-0.25, -0.2) is 0 Å². The van der Waals surface area contributed by atoms with Gasteiger partial charge in [0.05, 0.1) is 33.0 Å². The SMILES string of the molecule is CC(C)CNC(=O)CCOCC(C)CO[N+](=O)[O-].CC(C)CNC(=O)COCCO[N+](=O)[O-].CC(COCCC(=O)NC(C)C(C)C)CO[N+](=O)[O-].CCC(CCCC(=O)NC(C)C(C)C)O[N+](=O)[O-].CCC(CCCC(=O)NCC(C)C)O[N+](=O)[O-].CCCCCCC(=O)NC(C)C(C)C.CCCCCCC(=O)NCC(C)C.CCCOCC(=O)NC(C)C(C)C. The fourth-order valence-corrected chi connectivity index (χ4v) is 8.86. The molecule has 8 atom stereocenters. The minimum atomic E-state index is -0.901. The van der Waals surface area contributed by atoms with Crippen molar-refractivity contribution in [3.05, 3.63) is 50.6 Å². The van der Waals surface area contributed by atoms with Crippen LogP contribution >= 0.6 is 0 Å². The molecule has 8 N–H and O–H groups in total. The average Bonchev–Trinajstić information content (AvgIpc) is 0.952. The summed E-state index contributed by atoms with van der Waals surface area (Å²) in [4.78, 5) is 162. The van der Waals surface area contributed by atoms with Crippen LogP contribution < -0.4 is 42.5 Å². The maximum atomic E-state index is 11.6. The Morgan fingerprint density at radius 1 is 0.276 bits per heavy atom. The summed E-state index contributed by atoms with van der Waals surface area (Å²) in [6.45, 7) is 59.1. The lowest BCUT2D eigenvalue weighted by molar-refractivity contribution is -0.768. The van der Waals surface area contributed by atoms with Gasteiger partial charge in [0.2, 0.25) is 47.3 Å². The number of unbranched alkanes of at least 4 members (excludes halogenated alkanes) is 6. The van der Waals surface area contributed by atoms with E-state index in [1.54, 1.807) is 13.8 Å². The summed E-state index contributed by atoms with van der Waals surface area (Å²) in [5, 5.41) is 68.7. The highest BCUT2D eigenvalue weighted by molar-refractivity contribution is 5.79. The number of nitrogens with one attached hydrogen (secondary N) is 8. The van der Waals surface area contributed by atoms with E-state index in [1.165, 1.54) is 38.5 Å². The fraction of sp³-hybridized carbons (Fsp3) is 0.908. The smallest absolute Gasteiger partial charge is 0.294 e. The van der Waals surface area contributed by atoms with Crippen molar-refractivity contribution in [1.82, 2.24) is 42.5 Å². The van der Waals surface area contributed by atoms with E-state index >= 15 is 0 Å². The summed E-state index contributed by atoms with van der Waals surface area (Å²) in [5.41, 5.74) is 0. The van der Waals surface area contributed by atoms with Gasteiger partial charge in [0.15, 0.2) is 0 Å². The van der Waals surface area contributed by atoms with Crippen LogP contribution in [0.5, 0.6) is 0 Å². The van der Waals surface area contributed by atoms with E-state index in [2.05, 4.69) is 129 Å². The summed E-state index contributed by atoms with van der Waals surface area (Å²) in [5.74, 6) is 3.49. The van der Waals surface area contributed by atoms with Gasteiger partial charge in [-0.1, -0.05) is 198 Å². The third kappa shape index (κ3) is 116. The first kappa shape index (κ1) is 134. The number of carbonyl (C=O) groups is 8. The highest BCUT2D eigenvalue weighted by Crippen LogP contribution is 2.13. The van der Waals surface area contributed by atoms with Crippen molar-refractivity contribution in [3.8, 4) is 0 Å². The minimum Gasteiger partial charge on any atom is -0.381 e. The van der Waals surface area contributed by atoms with E-state index in [9.17, 15) is 88.9 Å². The average molecular weight is 1840 g/mol. The molecule has 40 nitrogen and oxygen atoms in total. The maximum absolute atomic E-state index is 11.6. The quantitative estimate of drug-likeness (QED) is 0.0159. The Morgan fingerprint density at radius 3 is 0.866 bits per heavy atom. The van der Waals surface area contributed by atoms with E-state index in [0.29, 0.717) is 183 Å².